The van der Waals surface area contributed by atoms with Gasteiger partial charge in [0.25, 0.3) is 0 Å². The molecule has 1 aliphatic rings. The number of nitrogens with zero attached hydrogens (tertiary/aromatic N) is 1. The van der Waals surface area contributed by atoms with Crippen LogP contribution in [0.5, 0.6) is 0 Å². The van der Waals surface area contributed by atoms with E-state index in [2.05, 4.69) is 11.9 Å². The van der Waals surface area contributed by atoms with E-state index in [1.165, 1.54) is 0 Å². The first-order valence-corrected chi connectivity index (χ1v) is 7.22. The van der Waals surface area contributed by atoms with Gasteiger partial charge in [-0.1, -0.05) is 18.2 Å². The zero-order valence-corrected chi connectivity index (χ0v) is 11.2. The number of rotatable bonds is 2. The molecule has 0 radical (unpaired) electrons. The zero-order chi connectivity index (χ0) is 12.6. The summed E-state index contributed by atoms with van der Waals surface area (Å²) in [6.45, 7) is 2.06. The maximum atomic E-state index is 12.7. The van der Waals surface area contributed by atoms with Gasteiger partial charge in [-0.15, -0.1) is 11.8 Å². The third-order valence-corrected chi connectivity index (χ3v) is 5.10. The van der Waals surface area contributed by atoms with Crippen LogP contribution >= 0.6 is 11.8 Å². The summed E-state index contributed by atoms with van der Waals surface area (Å²) in [7, 11) is 0. The number of thioether (sulfide) groups is 1. The quantitative estimate of drug-likeness (QED) is 0.768. The molecule has 2 heterocycles. The number of benzene rings is 1. The van der Waals surface area contributed by atoms with Crippen molar-refractivity contribution in [3.8, 4) is 0 Å². The van der Waals surface area contributed by atoms with Gasteiger partial charge in [-0.3, -0.25) is 9.78 Å². The molecular weight excluding hydrogens is 242 g/mol. The summed E-state index contributed by atoms with van der Waals surface area (Å²) in [6.07, 6.45) is 3.86. The van der Waals surface area contributed by atoms with Crippen LogP contribution in [0.2, 0.25) is 0 Å². The summed E-state index contributed by atoms with van der Waals surface area (Å²) in [5, 5.41) is 1.04. The number of aromatic nitrogens is 1. The first-order chi connectivity index (χ1) is 8.71. The van der Waals surface area contributed by atoms with E-state index in [1.54, 1.807) is 18.0 Å². The SMILES string of the molecule is CC1(C(=O)c2cccc3cccnc23)CCCS1. The van der Waals surface area contributed by atoms with E-state index in [4.69, 9.17) is 0 Å². The summed E-state index contributed by atoms with van der Waals surface area (Å²) < 4.78 is -0.258. The van der Waals surface area contributed by atoms with Crippen LogP contribution < -0.4 is 0 Å². The highest BCUT2D eigenvalue weighted by Crippen LogP contribution is 2.40. The Kier molecular flexibility index (Phi) is 2.86. The molecule has 0 bridgehead atoms. The molecule has 0 N–H and O–H groups in total. The Bertz CT molecular complexity index is 597. The Morgan fingerprint density at radius 2 is 2.17 bits per heavy atom. The van der Waals surface area contributed by atoms with Crippen LogP contribution in [-0.4, -0.2) is 21.3 Å². The van der Waals surface area contributed by atoms with Crippen LogP contribution in [0.15, 0.2) is 36.5 Å². The topological polar surface area (TPSA) is 30.0 Å². The molecule has 3 rings (SSSR count). The highest BCUT2D eigenvalue weighted by atomic mass is 32.2. The van der Waals surface area contributed by atoms with E-state index >= 15 is 0 Å². The third-order valence-electron chi connectivity index (χ3n) is 3.58. The molecule has 1 atom stereocenters. The number of para-hydroxylation sites is 1. The van der Waals surface area contributed by atoms with Crippen molar-refractivity contribution in [3.63, 3.8) is 0 Å². The Morgan fingerprint density at radius 1 is 1.33 bits per heavy atom. The van der Waals surface area contributed by atoms with Gasteiger partial charge in [-0.05, 0) is 37.7 Å². The second-order valence-corrected chi connectivity index (χ2v) is 6.49. The van der Waals surface area contributed by atoms with Crippen LogP contribution in [-0.2, 0) is 0 Å². The second kappa shape index (κ2) is 4.39. The molecule has 18 heavy (non-hydrogen) atoms. The Morgan fingerprint density at radius 3 is 2.94 bits per heavy atom. The summed E-state index contributed by atoms with van der Waals surface area (Å²) in [6, 6.07) is 9.76. The van der Waals surface area contributed by atoms with Gasteiger partial charge in [0.15, 0.2) is 5.78 Å². The maximum Gasteiger partial charge on any atom is 0.180 e. The minimum absolute atomic E-state index is 0.231. The van der Waals surface area contributed by atoms with E-state index in [0.29, 0.717) is 0 Å². The lowest BCUT2D eigenvalue weighted by atomic mass is 9.93. The van der Waals surface area contributed by atoms with Crippen molar-refractivity contribution >= 4 is 28.4 Å². The van der Waals surface area contributed by atoms with Gasteiger partial charge in [-0.25, -0.2) is 0 Å². The summed E-state index contributed by atoms with van der Waals surface area (Å²) in [5.74, 6) is 1.31. The van der Waals surface area contributed by atoms with Gasteiger partial charge in [0.2, 0.25) is 0 Å². The molecule has 1 fully saturated rings. The summed E-state index contributed by atoms with van der Waals surface area (Å²) >= 11 is 1.78. The van der Waals surface area contributed by atoms with Gasteiger partial charge < -0.3 is 0 Å². The van der Waals surface area contributed by atoms with E-state index < -0.39 is 0 Å². The van der Waals surface area contributed by atoms with Gasteiger partial charge in [-0.2, -0.15) is 0 Å². The molecule has 1 aromatic carbocycles. The molecule has 0 aliphatic carbocycles. The van der Waals surface area contributed by atoms with Gasteiger partial charge in [0.1, 0.15) is 0 Å². The predicted octanol–water partition coefficient (Wildman–Crippen LogP) is 3.70. The highest BCUT2D eigenvalue weighted by Gasteiger charge is 2.38. The fraction of sp³-hybridized carbons (Fsp3) is 0.333. The molecule has 1 unspecified atom stereocenters. The number of carbonyl (C=O) groups excluding carboxylic acids is 1. The predicted molar refractivity (Wildman–Crippen MR) is 76.2 cm³/mol. The number of pyridine rings is 1. The smallest absolute Gasteiger partial charge is 0.180 e. The van der Waals surface area contributed by atoms with Crippen LogP contribution in [0, 0.1) is 0 Å². The number of carbonyl (C=O) groups is 1. The van der Waals surface area contributed by atoms with Gasteiger partial charge >= 0.3 is 0 Å². The second-order valence-electron chi connectivity index (χ2n) is 4.89. The van der Waals surface area contributed by atoms with Crippen molar-refractivity contribution in [2.75, 3.05) is 5.75 Å². The van der Waals surface area contributed by atoms with E-state index in [0.717, 1.165) is 35.1 Å². The Hall–Kier alpha value is -1.35. The number of ketones is 1. The Labute approximate surface area is 111 Å². The molecule has 1 aromatic heterocycles. The third kappa shape index (κ3) is 1.83. The monoisotopic (exact) mass is 257 g/mol. The van der Waals surface area contributed by atoms with Crippen molar-refractivity contribution < 1.29 is 4.79 Å². The van der Waals surface area contributed by atoms with Crippen molar-refractivity contribution in [2.45, 2.75) is 24.5 Å². The van der Waals surface area contributed by atoms with E-state index in [9.17, 15) is 4.79 Å². The molecule has 1 aliphatic heterocycles. The average molecular weight is 257 g/mol. The van der Waals surface area contributed by atoms with Crippen LogP contribution in [0.4, 0.5) is 0 Å². The molecule has 1 saturated heterocycles. The van der Waals surface area contributed by atoms with Gasteiger partial charge in [0, 0.05) is 17.1 Å². The molecule has 92 valence electrons. The van der Waals surface area contributed by atoms with Crippen molar-refractivity contribution in [1.29, 1.82) is 0 Å². The number of hydrogen-bond donors (Lipinski definition) is 0. The first kappa shape index (κ1) is 11.7. The minimum atomic E-state index is -0.258. The van der Waals surface area contributed by atoms with Gasteiger partial charge in [0.05, 0.1) is 10.3 Å². The zero-order valence-electron chi connectivity index (χ0n) is 10.3. The largest absolute Gasteiger partial charge is 0.293 e. The lowest BCUT2D eigenvalue weighted by molar-refractivity contribution is 0.0950. The van der Waals surface area contributed by atoms with Crippen LogP contribution in [0.3, 0.4) is 0 Å². The molecular formula is C15H15NOS. The fourth-order valence-electron chi connectivity index (χ4n) is 2.53. The molecule has 3 heteroatoms. The maximum absolute atomic E-state index is 12.7. The van der Waals surface area contributed by atoms with E-state index in [-0.39, 0.29) is 10.5 Å². The fourth-order valence-corrected chi connectivity index (χ4v) is 3.80. The number of hydrogen-bond acceptors (Lipinski definition) is 3. The molecule has 0 amide bonds. The lowest BCUT2D eigenvalue weighted by Gasteiger charge is -2.21. The minimum Gasteiger partial charge on any atom is -0.293 e. The lowest BCUT2D eigenvalue weighted by Crippen LogP contribution is -2.29. The molecule has 0 saturated carbocycles. The van der Waals surface area contributed by atoms with Crippen LogP contribution in [0.25, 0.3) is 10.9 Å². The van der Waals surface area contributed by atoms with Crippen LogP contribution in [0.1, 0.15) is 30.1 Å². The standard InChI is InChI=1S/C15H15NOS/c1-15(8-4-10-18-15)14(17)12-7-2-5-11-6-3-9-16-13(11)12/h2-3,5-7,9H,4,8,10H2,1H3. The van der Waals surface area contributed by atoms with E-state index in [1.807, 2.05) is 30.3 Å². The average Bonchev–Trinajstić information content (AvgIpc) is 2.85. The highest BCUT2D eigenvalue weighted by molar-refractivity contribution is 8.01. The summed E-state index contributed by atoms with van der Waals surface area (Å²) in [4.78, 5) is 17.1. The summed E-state index contributed by atoms with van der Waals surface area (Å²) in [5.41, 5.74) is 1.60. The first-order valence-electron chi connectivity index (χ1n) is 6.23. The molecule has 0 spiro atoms. The molecule has 2 nitrogen and oxygen atoms in total. The Balaban J connectivity index is 2.12. The normalized spacial score (nSPS) is 23.4. The van der Waals surface area contributed by atoms with Crippen molar-refractivity contribution in [2.24, 2.45) is 0 Å². The number of fused-ring (bicyclic) bond motifs is 1. The molecule has 2 aromatic rings. The number of Topliss-reactive ketones (excluding diaryl/α,β-unsaturated/α-hetero) is 1. The van der Waals surface area contributed by atoms with Crippen molar-refractivity contribution in [1.82, 2.24) is 4.98 Å². The van der Waals surface area contributed by atoms with Crippen molar-refractivity contribution in [3.05, 3.63) is 42.1 Å².